The van der Waals surface area contributed by atoms with Crippen molar-refractivity contribution < 1.29 is 24.6 Å². The van der Waals surface area contributed by atoms with Crippen LogP contribution in [0.25, 0.3) is 0 Å². The summed E-state index contributed by atoms with van der Waals surface area (Å²) in [4.78, 5) is 36.0. The molecule has 2 N–H and O–H groups in total. The third-order valence-electron chi connectivity index (χ3n) is 1.88. The molecule has 0 aliphatic heterocycles. The number of hydrogen-bond acceptors (Lipinski definition) is 4. The Morgan fingerprint density at radius 2 is 1.33 bits per heavy atom. The molecule has 0 radical (unpaired) electrons. The molecule has 0 saturated heterocycles. The third kappa shape index (κ3) is 2.83. The normalized spacial score (nSPS) is 9.72. The van der Waals surface area contributed by atoms with Crippen LogP contribution >= 0.6 is 67.8 Å². The number of carbonyl (C=O) groups excluding carboxylic acids is 1. The quantitative estimate of drug-likeness (QED) is 0.323. The minimum absolute atomic E-state index is 0.0152. The molecule has 6 nitrogen and oxygen atoms in total. The Morgan fingerprint density at radius 1 is 0.944 bits per heavy atom. The Labute approximate surface area is 141 Å². The zero-order chi connectivity index (χ0) is 14.0. The molecule has 0 saturated carbocycles. The van der Waals surface area contributed by atoms with E-state index >= 15 is 0 Å². The predicted octanol–water partition coefficient (Wildman–Crippen LogP) is 2.86. The number of hydrogen-bond donors (Lipinski definition) is 2. The van der Waals surface area contributed by atoms with Crippen LogP contribution < -0.4 is 0 Å². The second-order valence-electron chi connectivity index (χ2n) is 2.85. The molecule has 0 aliphatic carbocycles. The Bertz CT molecular complexity index is 521. The molecule has 0 spiro atoms. The first-order chi connectivity index (χ1) is 8.32. The fourth-order valence-corrected chi connectivity index (χ4v) is 5.50. The first kappa shape index (κ1) is 15.8. The number of isocyanates is 1. The number of aromatic carboxylic acids is 2. The number of carbonyl (C=O) groups is 2. The Morgan fingerprint density at radius 3 is 1.61 bits per heavy atom. The average molecular weight is 585 g/mol. The first-order valence-corrected chi connectivity index (χ1v) is 7.31. The highest BCUT2D eigenvalue weighted by molar-refractivity contribution is 14.1. The predicted molar refractivity (Wildman–Crippen MR) is 86.3 cm³/mol. The largest absolute Gasteiger partial charge is 0.478 e. The highest BCUT2D eigenvalue weighted by Crippen LogP contribution is 2.37. The van der Waals surface area contributed by atoms with Crippen molar-refractivity contribution in [2.45, 2.75) is 0 Å². The molecule has 0 fully saturated rings. The monoisotopic (exact) mass is 585 g/mol. The molecule has 1 aromatic rings. The molecule has 9 heteroatoms. The lowest BCUT2D eigenvalue weighted by atomic mass is 10.1. The van der Waals surface area contributed by atoms with E-state index in [1.807, 2.05) is 0 Å². The van der Waals surface area contributed by atoms with E-state index in [1.165, 1.54) is 6.08 Å². The van der Waals surface area contributed by atoms with Gasteiger partial charge in [-0.15, -0.1) is 0 Å². The molecule has 94 valence electrons. The summed E-state index contributed by atoms with van der Waals surface area (Å²) in [6.07, 6.45) is 1.29. The molecule has 0 aromatic heterocycles. The van der Waals surface area contributed by atoms with Crippen molar-refractivity contribution in [2.75, 3.05) is 0 Å². The highest BCUT2D eigenvalue weighted by atomic mass is 127. The second kappa shape index (κ2) is 6.25. The molecule has 1 rings (SSSR count). The summed E-state index contributed by atoms with van der Waals surface area (Å²) in [6.45, 7) is 0. The van der Waals surface area contributed by atoms with E-state index in [2.05, 4.69) is 4.99 Å². The number of benzene rings is 1. The molecule has 0 heterocycles. The number of halogens is 3. The van der Waals surface area contributed by atoms with E-state index in [-0.39, 0.29) is 27.5 Å². The van der Waals surface area contributed by atoms with Gasteiger partial charge in [-0.25, -0.2) is 14.4 Å². The van der Waals surface area contributed by atoms with Crippen LogP contribution in [0.5, 0.6) is 0 Å². The van der Waals surface area contributed by atoms with Crippen molar-refractivity contribution in [1.29, 1.82) is 0 Å². The second-order valence-corrected chi connectivity index (χ2v) is 6.09. The fourth-order valence-electron chi connectivity index (χ4n) is 1.17. The number of nitrogens with zero attached hydrogens (tertiary/aromatic N) is 1. The van der Waals surface area contributed by atoms with E-state index in [4.69, 9.17) is 10.2 Å². The van der Waals surface area contributed by atoms with Gasteiger partial charge < -0.3 is 10.2 Å². The van der Waals surface area contributed by atoms with Crippen LogP contribution in [0.2, 0.25) is 0 Å². The van der Waals surface area contributed by atoms with Crippen LogP contribution in [-0.4, -0.2) is 28.2 Å². The summed E-state index contributed by atoms with van der Waals surface area (Å²) in [7, 11) is 0. The zero-order valence-electron chi connectivity index (χ0n) is 8.20. The van der Waals surface area contributed by atoms with Crippen molar-refractivity contribution in [2.24, 2.45) is 4.99 Å². The maximum absolute atomic E-state index is 11.1. The van der Waals surface area contributed by atoms with Gasteiger partial charge in [0.15, 0.2) is 0 Å². The van der Waals surface area contributed by atoms with Gasteiger partial charge in [0.1, 0.15) is 5.69 Å². The summed E-state index contributed by atoms with van der Waals surface area (Å²) in [5, 5.41) is 18.2. The fraction of sp³-hybridized carbons (Fsp3) is 0. The van der Waals surface area contributed by atoms with Crippen molar-refractivity contribution in [3.63, 3.8) is 0 Å². The lowest BCUT2D eigenvalue weighted by Gasteiger charge is -2.11. The van der Waals surface area contributed by atoms with Gasteiger partial charge >= 0.3 is 11.9 Å². The molecule has 0 amide bonds. The lowest BCUT2D eigenvalue weighted by Crippen LogP contribution is -2.12. The molecule has 0 bridgehead atoms. The van der Waals surface area contributed by atoms with Gasteiger partial charge in [0.25, 0.3) is 0 Å². The molecule has 0 atom stereocenters. The molecule has 0 aliphatic rings. The average Bonchev–Trinajstić information content (AvgIpc) is 2.23. The SMILES string of the molecule is O=C=Nc1c(I)c(C(=O)O)c(I)c(C(=O)O)c1I. The number of aliphatic imine (C=N–C) groups is 1. The lowest BCUT2D eigenvalue weighted by molar-refractivity contribution is 0.0694. The maximum Gasteiger partial charge on any atom is 0.337 e. The summed E-state index contributed by atoms with van der Waals surface area (Å²) in [6, 6.07) is 0. The Kier molecular flexibility index (Phi) is 5.48. The molecular formula is C9H2I3NO5. The van der Waals surface area contributed by atoms with Crippen LogP contribution in [0.15, 0.2) is 4.99 Å². The van der Waals surface area contributed by atoms with Crippen molar-refractivity contribution >= 4 is 91.5 Å². The number of carboxylic acid groups (broad SMARTS) is 2. The van der Waals surface area contributed by atoms with E-state index < -0.39 is 11.9 Å². The van der Waals surface area contributed by atoms with Crippen molar-refractivity contribution in [3.05, 3.63) is 21.8 Å². The minimum Gasteiger partial charge on any atom is -0.478 e. The molecular weight excluding hydrogens is 583 g/mol. The number of rotatable bonds is 3. The summed E-state index contributed by atoms with van der Waals surface area (Å²) in [5.74, 6) is -2.55. The van der Waals surface area contributed by atoms with Crippen LogP contribution in [-0.2, 0) is 4.79 Å². The van der Waals surface area contributed by atoms with E-state index in [0.717, 1.165) is 0 Å². The van der Waals surface area contributed by atoms with Crippen molar-refractivity contribution in [3.8, 4) is 0 Å². The van der Waals surface area contributed by atoms with Crippen molar-refractivity contribution in [1.82, 2.24) is 0 Å². The standard InChI is InChI=1S/C9H2I3NO5/c10-4-2(8(15)16)5(11)7(13-1-14)6(12)3(4)9(17)18/h(H,15,16)(H,17,18). The van der Waals surface area contributed by atoms with E-state index in [0.29, 0.717) is 0 Å². The van der Waals surface area contributed by atoms with E-state index in [1.54, 1.807) is 67.8 Å². The van der Waals surface area contributed by atoms with Gasteiger partial charge in [0.2, 0.25) is 6.08 Å². The highest BCUT2D eigenvalue weighted by Gasteiger charge is 2.27. The molecule has 1 aromatic carbocycles. The third-order valence-corrected chi connectivity index (χ3v) is 5.06. The maximum atomic E-state index is 11.1. The summed E-state index contributed by atoms with van der Waals surface area (Å²) >= 11 is 5.09. The van der Waals surface area contributed by atoms with Crippen LogP contribution in [0.4, 0.5) is 5.69 Å². The van der Waals surface area contributed by atoms with Gasteiger partial charge in [-0.1, -0.05) is 0 Å². The Balaban J connectivity index is 3.93. The number of carboxylic acids is 2. The zero-order valence-corrected chi connectivity index (χ0v) is 14.7. The smallest absolute Gasteiger partial charge is 0.337 e. The summed E-state index contributed by atoms with van der Waals surface area (Å²) in [5.41, 5.74) is -0.340. The van der Waals surface area contributed by atoms with Gasteiger partial charge in [0.05, 0.1) is 18.3 Å². The van der Waals surface area contributed by atoms with Crippen LogP contribution in [0.1, 0.15) is 20.7 Å². The first-order valence-electron chi connectivity index (χ1n) is 4.07. The Hall–Kier alpha value is -0.270. The molecule has 0 unspecified atom stereocenters. The summed E-state index contributed by atoms with van der Waals surface area (Å²) < 4.78 is 0.524. The van der Waals surface area contributed by atoms with Gasteiger partial charge in [0, 0.05) is 3.57 Å². The minimum atomic E-state index is -1.27. The van der Waals surface area contributed by atoms with Gasteiger partial charge in [-0.3, -0.25) is 0 Å². The van der Waals surface area contributed by atoms with Gasteiger partial charge in [-0.2, -0.15) is 4.99 Å². The molecule has 18 heavy (non-hydrogen) atoms. The van der Waals surface area contributed by atoms with Crippen LogP contribution in [0, 0.1) is 10.7 Å². The topological polar surface area (TPSA) is 104 Å². The van der Waals surface area contributed by atoms with Gasteiger partial charge in [-0.05, 0) is 67.8 Å². The van der Waals surface area contributed by atoms with Crippen LogP contribution in [0.3, 0.4) is 0 Å². The van der Waals surface area contributed by atoms with E-state index in [9.17, 15) is 14.4 Å².